The lowest BCUT2D eigenvalue weighted by Gasteiger charge is -2.37. The van der Waals surface area contributed by atoms with E-state index in [4.69, 9.17) is 16.3 Å². The monoisotopic (exact) mass is 661 g/mol. The highest BCUT2D eigenvalue weighted by molar-refractivity contribution is 6.33. The molecule has 244 valence electrons. The maximum atomic E-state index is 14.1. The minimum Gasteiger partial charge on any atom is -0.377 e. The molecule has 0 bridgehead atoms. The average Bonchev–Trinajstić information content (AvgIpc) is 3.63. The number of carbonyl (C=O) groups is 1. The van der Waals surface area contributed by atoms with Crippen LogP contribution in [0.4, 0.5) is 30.4 Å². The third-order valence-electron chi connectivity index (χ3n) is 8.09. The van der Waals surface area contributed by atoms with Crippen molar-refractivity contribution in [1.82, 2.24) is 28.9 Å². The van der Waals surface area contributed by atoms with Crippen molar-refractivity contribution in [1.29, 1.82) is 0 Å². The van der Waals surface area contributed by atoms with Crippen LogP contribution in [0.25, 0.3) is 11.4 Å². The predicted octanol–water partition coefficient (Wildman–Crippen LogP) is 2.92. The van der Waals surface area contributed by atoms with Gasteiger partial charge in [-0.1, -0.05) is 24.6 Å². The van der Waals surface area contributed by atoms with Crippen LogP contribution >= 0.6 is 11.6 Å². The molecule has 0 unspecified atom stereocenters. The van der Waals surface area contributed by atoms with Crippen LogP contribution in [0.3, 0.4) is 0 Å². The molecule has 2 aliphatic heterocycles. The molecule has 2 aliphatic rings. The van der Waals surface area contributed by atoms with Crippen LogP contribution < -0.4 is 26.2 Å². The zero-order valence-corrected chi connectivity index (χ0v) is 25.8. The normalized spacial score (nSPS) is 15.8. The first-order valence-corrected chi connectivity index (χ1v) is 15.0. The molecule has 17 heteroatoms. The molecule has 3 aromatic heterocycles. The number of aromatic nitrogens is 6. The molecule has 0 atom stereocenters. The molecule has 46 heavy (non-hydrogen) atoms. The van der Waals surface area contributed by atoms with Crippen LogP contribution in [-0.4, -0.2) is 74.2 Å². The largest absolute Gasteiger partial charge is 0.416 e. The number of fused-ring (bicyclic) bond motifs is 1. The summed E-state index contributed by atoms with van der Waals surface area (Å²) < 4.78 is 49.0. The third-order valence-corrected chi connectivity index (χ3v) is 8.41. The van der Waals surface area contributed by atoms with E-state index in [-0.39, 0.29) is 34.2 Å². The molecule has 1 saturated heterocycles. The van der Waals surface area contributed by atoms with Crippen molar-refractivity contribution >= 4 is 46.1 Å². The molecule has 2 N–H and O–H groups in total. The Morgan fingerprint density at radius 3 is 2.48 bits per heavy atom. The molecular formula is C29H31ClF3N9O4. The molecule has 13 nitrogen and oxygen atoms in total. The number of ether oxygens (including phenoxy) is 1. The van der Waals surface area contributed by atoms with E-state index in [9.17, 15) is 27.6 Å². The lowest BCUT2D eigenvalue weighted by atomic mass is 10.1. The number of piperazine rings is 1. The van der Waals surface area contributed by atoms with E-state index in [2.05, 4.69) is 20.5 Å². The highest BCUT2D eigenvalue weighted by Gasteiger charge is 2.32. The van der Waals surface area contributed by atoms with Crippen LogP contribution in [0.2, 0.25) is 5.02 Å². The quantitative estimate of drug-likeness (QED) is 0.309. The summed E-state index contributed by atoms with van der Waals surface area (Å²) in [5.74, 6) is 0.597. The number of nitrogens with one attached hydrogen (secondary N) is 2. The van der Waals surface area contributed by atoms with Crippen LogP contribution in [0.15, 0.2) is 39.9 Å². The maximum Gasteiger partial charge on any atom is 0.416 e. The fraction of sp³-hybridized carbons (Fsp3) is 0.414. The molecule has 0 aliphatic carbocycles. The molecular weight excluding hydrogens is 631 g/mol. The topological polar surface area (TPSA) is 135 Å². The molecule has 0 spiro atoms. The number of aromatic amines is 1. The number of amides is 1. The Balaban J connectivity index is 1.37. The number of halogens is 4. The van der Waals surface area contributed by atoms with Gasteiger partial charge in [-0.15, -0.1) is 5.10 Å². The Kier molecular flexibility index (Phi) is 8.41. The van der Waals surface area contributed by atoms with Crippen LogP contribution in [0, 0.1) is 0 Å². The SMILES string of the molecule is CCc1c(N2CCN(c3cc(=O)n(C)[nH]3)CC2)c(=O)n2nc(C3=CCOCC3)nc2n1CC(=O)Nc1ccc(C(F)(F)F)cc1Cl. The van der Waals surface area contributed by atoms with E-state index < -0.39 is 17.6 Å². The second-order valence-corrected chi connectivity index (χ2v) is 11.4. The molecule has 0 saturated carbocycles. The van der Waals surface area contributed by atoms with E-state index in [1.54, 1.807) is 11.6 Å². The van der Waals surface area contributed by atoms with Crippen LogP contribution in [0.5, 0.6) is 0 Å². The highest BCUT2D eigenvalue weighted by Crippen LogP contribution is 2.34. The van der Waals surface area contributed by atoms with Crippen molar-refractivity contribution in [2.45, 2.75) is 32.5 Å². The zero-order valence-electron chi connectivity index (χ0n) is 25.0. The van der Waals surface area contributed by atoms with Gasteiger partial charge in [0.25, 0.3) is 11.1 Å². The zero-order chi connectivity index (χ0) is 32.7. The molecule has 1 aromatic carbocycles. The van der Waals surface area contributed by atoms with Gasteiger partial charge in [0.15, 0.2) is 5.82 Å². The Morgan fingerprint density at radius 1 is 1.13 bits per heavy atom. The highest BCUT2D eigenvalue weighted by atomic mass is 35.5. The van der Waals surface area contributed by atoms with Crippen molar-refractivity contribution in [3.63, 3.8) is 0 Å². The van der Waals surface area contributed by atoms with Crippen molar-refractivity contribution in [2.24, 2.45) is 7.05 Å². The number of rotatable bonds is 7. The van der Waals surface area contributed by atoms with E-state index in [0.717, 1.165) is 23.8 Å². The van der Waals surface area contributed by atoms with E-state index in [1.807, 2.05) is 22.8 Å². The number of nitrogens with zero attached hydrogens (tertiary/aromatic N) is 7. The number of hydrogen-bond donors (Lipinski definition) is 2. The second-order valence-electron chi connectivity index (χ2n) is 11.0. The van der Waals surface area contributed by atoms with Gasteiger partial charge in [-0.3, -0.25) is 24.2 Å². The number of anilines is 3. The molecule has 0 radical (unpaired) electrons. The number of alkyl halides is 3. The van der Waals surface area contributed by atoms with Gasteiger partial charge in [0.05, 0.1) is 35.2 Å². The number of carbonyl (C=O) groups excluding carboxylic acids is 1. The predicted molar refractivity (Wildman–Crippen MR) is 166 cm³/mol. The van der Waals surface area contributed by atoms with Gasteiger partial charge in [-0.25, -0.2) is 0 Å². The van der Waals surface area contributed by atoms with Gasteiger partial charge in [-0.05, 0) is 36.6 Å². The standard InChI is InChI=1S/C29H31ClF3N9O4/c1-3-21-25(40-10-8-39(9-11-40)22-15-24(44)38(2)36-22)27(45)42-28(35-26(37-42)17-6-12-46-13-7-17)41(21)16-23(43)34-20-5-4-18(14-19(20)30)29(31,32)33/h4-6,14-15,36H,3,7-13,16H2,1-2H3,(H,34,43). The van der Waals surface area contributed by atoms with E-state index >= 15 is 0 Å². The summed E-state index contributed by atoms with van der Waals surface area (Å²) in [6.45, 7) is 4.33. The van der Waals surface area contributed by atoms with Crippen molar-refractivity contribution in [3.05, 3.63) is 73.2 Å². The van der Waals surface area contributed by atoms with Gasteiger partial charge in [0.2, 0.25) is 11.7 Å². The lowest BCUT2D eigenvalue weighted by Crippen LogP contribution is -2.49. The summed E-state index contributed by atoms with van der Waals surface area (Å²) in [6, 6.07) is 4.21. The molecule has 5 heterocycles. The van der Waals surface area contributed by atoms with Crippen molar-refractivity contribution in [3.8, 4) is 0 Å². The smallest absolute Gasteiger partial charge is 0.377 e. The van der Waals surface area contributed by atoms with Gasteiger partial charge in [-0.2, -0.15) is 22.7 Å². The minimum atomic E-state index is -4.59. The lowest BCUT2D eigenvalue weighted by molar-refractivity contribution is -0.137. The summed E-state index contributed by atoms with van der Waals surface area (Å²) in [4.78, 5) is 48.1. The maximum absolute atomic E-state index is 14.1. The number of aryl methyl sites for hydroxylation is 1. The summed E-state index contributed by atoms with van der Waals surface area (Å²) in [7, 11) is 1.64. The summed E-state index contributed by atoms with van der Waals surface area (Å²) >= 11 is 6.10. The average molecular weight is 662 g/mol. The van der Waals surface area contributed by atoms with Gasteiger partial charge in [0, 0.05) is 39.3 Å². The fourth-order valence-corrected chi connectivity index (χ4v) is 5.96. The molecule has 1 amide bonds. The molecule has 1 fully saturated rings. The van der Waals surface area contributed by atoms with E-state index in [0.29, 0.717) is 75.3 Å². The van der Waals surface area contributed by atoms with Crippen LogP contribution in [-0.2, 0) is 35.7 Å². The first-order chi connectivity index (χ1) is 21.9. The summed E-state index contributed by atoms with van der Waals surface area (Å²) in [5, 5.41) is 9.90. The Morgan fingerprint density at radius 2 is 1.87 bits per heavy atom. The Labute approximate surface area is 264 Å². The Hall–Kier alpha value is -4.57. The van der Waals surface area contributed by atoms with Gasteiger partial charge < -0.3 is 24.4 Å². The first kappa shape index (κ1) is 31.4. The van der Waals surface area contributed by atoms with Crippen molar-refractivity contribution < 1.29 is 22.7 Å². The number of benzene rings is 1. The first-order valence-electron chi connectivity index (χ1n) is 14.7. The third kappa shape index (κ3) is 6.01. The van der Waals surface area contributed by atoms with Crippen LogP contribution in [0.1, 0.15) is 30.4 Å². The van der Waals surface area contributed by atoms with E-state index in [1.165, 1.54) is 15.3 Å². The van der Waals surface area contributed by atoms with Crippen molar-refractivity contribution in [2.75, 3.05) is 54.5 Å². The van der Waals surface area contributed by atoms with Gasteiger partial charge >= 0.3 is 6.18 Å². The summed E-state index contributed by atoms with van der Waals surface area (Å²) in [6.07, 6.45) is -1.83. The Bertz CT molecular complexity index is 1950. The van der Waals surface area contributed by atoms with Gasteiger partial charge in [0.1, 0.15) is 18.1 Å². The summed E-state index contributed by atoms with van der Waals surface area (Å²) in [5.41, 5.74) is 0.264. The number of H-pyrrole nitrogens is 1. The molecule has 6 rings (SSSR count). The number of hydrogen-bond acceptors (Lipinski definition) is 8. The molecule has 4 aromatic rings. The fourth-order valence-electron chi connectivity index (χ4n) is 5.73. The minimum absolute atomic E-state index is 0.0135. The second kappa shape index (κ2) is 12.3.